The predicted molar refractivity (Wildman–Crippen MR) is 72.2 cm³/mol. The van der Waals surface area contributed by atoms with Crippen LogP contribution >= 0.6 is 15.9 Å². The summed E-state index contributed by atoms with van der Waals surface area (Å²) in [7, 11) is 0. The van der Waals surface area contributed by atoms with Crippen LogP contribution < -0.4 is 10.1 Å². The van der Waals surface area contributed by atoms with Gasteiger partial charge in [0.2, 0.25) is 5.91 Å². The Morgan fingerprint density at radius 1 is 1.28 bits per heavy atom. The summed E-state index contributed by atoms with van der Waals surface area (Å²) in [5, 5.41) is 2.59. The van der Waals surface area contributed by atoms with Gasteiger partial charge in [-0.05, 0) is 34.0 Å². The number of carbonyl (C=O) groups is 2. The average Bonchev–Trinajstić information content (AvgIpc) is 2.28. The molecule has 0 aliphatic rings. The van der Waals surface area contributed by atoms with Crippen molar-refractivity contribution in [3.8, 4) is 5.75 Å². The van der Waals surface area contributed by atoms with E-state index in [-0.39, 0.29) is 11.8 Å². The van der Waals surface area contributed by atoms with E-state index in [0.29, 0.717) is 10.2 Å². The maximum atomic E-state index is 12.0. The van der Waals surface area contributed by atoms with E-state index in [0.717, 1.165) is 0 Å². The van der Waals surface area contributed by atoms with Crippen LogP contribution in [0.3, 0.4) is 0 Å². The van der Waals surface area contributed by atoms with Crippen LogP contribution in [0, 0.1) is 5.92 Å². The number of rotatable bonds is 4. The van der Waals surface area contributed by atoms with Gasteiger partial charge in [0, 0.05) is 6.92 Å². The van der Waals surface area contributed by atoms with Gasteiger partial charge in [-0.15, -0.1) is 0 Å². The third kappa shape index (κ3) is 4.14. The fraction of sp³-hybridized carbons (Fsp3) is 0.385. The number of nitrogens with one attached hydrogen (secondary N) is 1. The highest BCUT2D eigenvalue weighted by atomic mass is 79.9. The summed E-state index contributed by atoms with van der Waals surface area (Å²) in [6.45, 7) is 5.07. The summed E-state index contributed by atoms with van der Waals surface area (Å²) < 4.78 is 5.97. The van der Waals surface area contributed by atoms with Gasteiger partial charge >= 0.3 is 5.97 Å². The van der Waals surface area contributed by atoms with Crippen LogP contribution in [0.1, 0.15) is 20.8 Å². The third-order valence-electron chi connectivity index (χ3n) is 2.33. The summed E-state index contributed by atoms with van der Waals surface area (Å²) in [6, 6.07) is 6.43. The molecule has 18 heavy (non-hydrogen) atoms. The Hall–Kier alpha value is -1.36. The van der Waals surface area contributed by atoms with E-state index < -0.39 is 12.0 Å². The standard InChI is InChI=1S/C13H16BrNO3/c1-8(2)12(15-9(3)16)13(17)18-11-7-5-4-6-10(11)14/h4-8,12H,1-3H3,(H,15,16). The Morgan fingerprint density at radius 2 is 1.89 bits per heavy atom. The normalized spacial score (nSPS) is 12.1. The Balaban J connectivity index is 2.79. The highest BCUT2D eigenvalue weighted by Gasteiger charge is 2.25. The predicted octanol–water partition coefficient (Wildman–Crippen LogP) is 2.52. The fourth-order valence-electron chi connectivity index (χ4n) is 1.42. The first kappa shape index (κ1) is 14.7. The van der Waals surface area contributed by atoms with Gasteiger partial charge in [-0.1, -0.05) is 26.0 Å². The highest BCUT2D eigenvalue weighted by Crippen LogP contribution is 2.24. The van der Waals surface area contributed by atoms with Crippen LogP contribution in [0.15, 0.2) is 28.7 Å². The Labute approximate surface area is 115 Å². The zero-order valence-electron chi connectivity index (χ0n) is 10.6. The number of ether oxygens (including phenoxy) is 1. The van der Waals surface area contributed by atoms with Crippen LogP contribution in [-0.4, -0.2) is 17.9 Å². The summed E-state index contributed by atoms with van der Waals surface area (Å²) in [6.07, 6.45) is 0. The molecule has 0 bridgehead atoms. The number of para-hydroxylation sites is 1. The molecule has 98 valence electrons. The molecule has 0 fully saturated rings. The first-order valence-corrected chi connectivity index (χ1v) is 6.44. The molecule has 0 aromatic heterocycles. The lowest BCUT2D eigenvalue weighted by molar-refractivity contribution is -0.140. The van der Waals surface area contributed by atoms with E-state index in [1.165, 1.54) is 6.92 Å². The molecule has 0 radical (unpaired) electrons. The molecule has 1 unspecified atom stereocenters. The van der Waals surface area contributed by atoms with Crippen molar-refractivity contribution < 1.29 is 14.3 Å². The lowest BCUT2D eigenvalue weighted by atomic mass is 10.0. The molecule has 1 N–H and O–H groups in total. The minimum absolute atomic E-state index is 0.0381. The largest absolute Gasteiger partial charge is 0.424 e. The van der Waals surface area contributed by atoms with Crippen LogP contribution in [0.4, 0.5) is 0 Å². The van der Waals surface area contributed by atoms with E-state index in [4.69, 9.17) is 4.74 Å². The van der Waals surface area contributed by atoms with Crippen LogP contribution in [0.2, 0.25) is 0 Å². The van der Waals surface area contributed by atoms with Gasteiger partial charge in [0.1, 0.15) is 11.8 Å². The molecule has 0 saturated heterocycles. The van der Waals surface area contributed by atoms with Gasteiger partial charge < -0.3 is 10.1 Å². The Kier molecular flexibility index (Phi) is 5.34. The molecule has 1 aromatic carbocycles. The Bertz CT molecular complexity index is 446. The first-order chi connectivity index (χ1) is 8.41. The molecule has 1 rings (SSSR count). The summed E-state index contributed by atoms with van der Waals surface area (Å²) in [5.74, 6) is -0.313. The van der Waals surface area contributed by atoms with Crippen LogP contribution in [-0.2, 0) is 9.59 Å². The van der Waals surface area contributed by atoms with Gasteiger partial charge in [-0.3, -0.25) is 4.79 Å². The number of hydrogen-bond acceptors (Lipinski definition) is 3. The molecule has 4 nitrogen and oxygen atoms in total. The number of benzene rings is 1. The van der Waals surface area contributed by atoms with Gasteiger partial charge in [0.15, 0.2) is 0 Å². The van der Waals surface area contributed by atoms with Crippen molar-refractivity contribution in [2.75, 3.05) is 0 Å². The SMILES string of the molecule is CC(=O)NC(C(=O)Oc1ccccc1Br)C(C)C. The van der Waals surface area contributed by atoms with Crippen molar-refractivity contribution in [2.45, 2.75) is 26.8 Å². The average molecular weight is 314 g/mol. The molecule has 1 amide bonds. The smallest absolute Gasteiger partial charge is 0.334 e. The third-order valence-corrected chi connectivity index (χ3v) is 2.98. The van der Waals surface area contributed by atoms with Crippen molar-refractivity contribution in [1.29, 1.82) is 0 Å². The number of esters is 1. The summed E-state index contributed by atoms with van der Waals surface area (Å²) in [5.41, 5.74) is 0. The minimum atomic E-state index is -0.644. The fourth-order valence-corrected chi connectivity index (χ4v) is 1.78. The lowest BCUT2D eigenvalue weighted by Crippen LogP contribution is -2.45. The minimum Gasteiger partial charge on any atom is -0.424 e. The number of hydrogen-bond donors (Lipinski definition) is 1. The molecule has 1 atom stereocenters. The maximum absolute atomic E-state index is 12.0. The molecule has 1 aromatic rings. The van der Waals surface area contributed by atoms with Crippen molar-refractivity contribution >= 4 is 27.8 Å². The van der Waals surface area contributed by atoms with Gasteiger partial charge in [-0.2, -0.15) is 0 Å². The van der Waals surface area contributed by atoms with E-state index in [2.05, 4.69) is 21.2 Å². The summed E-state index contributed by atoms with van der Waals surface area (Å²) >= 11 is 3.30. The highest BCUT2D eigenvalue weighted by molar-refractivity contribution is 9.10. The molecule has 0 aliphatic carbocycles. The number of carbonyl (C=O) groups excluding carboxylic acids is 2. The number of amides is 1. The Morgan fingerprint density at radius 3 is 2.39 bits per heavy atom. The zero-order chi connectivity index (χ0) is 13.7. The van der Waals surface area contributed by atoms with E-state index in [9.17, 15) is 9.59 Å². The number of halogens is 1. The van der Waals surface area contributed by atoms with Gasteiger partial charge in [-0.25, -0.2) is 4.79 Å². The van der Waals surface area contributed by atoms with Crippen molar-refractivity contribution in [1.82, 2.24) is 5.32 Å². The summed E-state index contributed by atoms with van der Waals surface area (Å²) in [4.78, 5) is 23.0. The molecular weight excluding hydrogens is 298 g/mol. The van der Waals surface area contributed by atoms with Crippen LogP contribution in [0.25, 0.3) is 0 Å². The van der Waals surface area contributed by atoms with E-state index in [1.807, 2.05) is 19.9 Å². The first-order valence-electron chi connectivity index (χ1n) is 5.65. The second-order valence-electron chi connectivity index (χ2n) is 4.27. The monoisotopic (exact) mass is 313 g/mol. The quantitative estimate of drug-likeness (QED) is 0.686. The maximum Gasteiger partial charge on any atom is 0.334 e. The van der Waals surface area contributed by atoms with Crippen molar-refractivity contribution in [3.05, 3.63) is 28.7 Å². The lowest BCUT2D eigenvalue weighted by Gasteiger charge is -2.20. The second-order valence-corrected chi connectivity index (χ2v) is 5.13. The van der Waals surface area contributed by atoms with Gasteiger partial charge in [0.05, 0.1) is 4.47 Å². The molecule has 0 heterocycles. The molecule has 0 saturated carbocycles. The van der Waals surface area contributed by atoms with Gasteiger partial charge in [0.25, 0.3) is 0 Å². The topological polar surface area (TPSA) is 55.4 Å². The van der Waals surface area contributed by atoms with Crippen molar-refractivity contribution in [2.24, 2.45) is 5.92 Å². The molecule has 5 heteroatoms. The van der Waals surface area contributed by atoms with E-state index >= 15 is 0 Å². The molecule has 0 spiro atoms. The molecular formula is C13H16BrNO3. The molecule has 0 aliphatic heterocycles. The van der Waals surface area contributed by atoms with E-state index in [1.54, 1.807) is 18.2 Å². The zero-order valence-corrected chi connectivity index (χ0v) is 12.2. The second kappa shape index (κ2) is 6.54. The van der Waals surface area contributed by atoms with Crippen LogP contribution in [0.5, 0.6) is 5.75 Å². The van der Waals surface area contributed by atoms with Crippen molar-refractivity contribution in [3.63, 3.8) is 0 Å².